The average molecular weight is 466 g/mol. The molecule has 0 unspecified atom stereocenters. The van der Waals surface area contributed by atoms with Gasteiger partial charge in [0.2, 0.25) is 0 Å². The number of benzene rings is 3. The molecule has 0 fully saturated rings. The summed E-state index contributed by atoms with van der Waals surface area (Å²) < 4.78 is 33.7. The van der Waals surface area contributed by atoms with Crippen molar-refractivity contribution < 1.29 is 13.5 Å². The van der Waals surface area contributed by atoms with E-state index in [2.05, 4.69) is 9.88 Å². The topological polar surface area (TPSA) is 51.1 Å². The van der Waals surface area contributed by atoms with Gasteiger partial charge in [0.05, 0.1) is 12.6 Å². The smallest absolute Gasteiger partial charge is 0.166 e. The minimum absolute atomic E-state index is 0.252. The maximum absolute atomic E-state index is 14.4. The van der Waals surface area contributed by atoms with E-state index >= 15 is 0 Å². The van der Waals surface area contributed by atoms with E-state index in [-0.39, 0.29) is 5.56 Å². The average Bonchev–Trinajstić information content (AvgIpc) is 3.33. The van der Waals surface area contributed by atoms with E-state index in [0.717, 1.165) is 46.0 Å². The molecule has 0 aliphatic carbocycles. The molecule has 3 aromatic carbocycles. The molecular weight excluding hydrogens is 446 g/mol. The van der Waals surface area contributed by atoms with Gasteiger partial charge >= 0.3 is 0 Å². The molecule has 0 N–H and O–H groups in total. The van der Waals surface area contributed by atoms with E-state index in [1.807, 2.05) is 48.5 Å². The summed E-state index contributed by atoms with van der Waals surface area (Å²) in [4.78, 5) is 16.1. The first-order valence-electron chi connectivity index (χ1n) is 11.2. The summed E-state index contributed by atoms with van der Waals surface area (Å²) in [7, 11) is 1.63. The number of hydrogen-bond donors (Lipinski definition) is 0. The van der Waals surface area contributed by atoms with Crippen LogP contribution in [0.2, 0.25) is 0 Å². The highest BCUT2D eigenvalue weighted by Gasteiger charge is 2.25. The molecule has 0 bridgehead atoms. The summed E-state index contributed by atoms with van der Waals surface area (Å²) in [5, 5.41) is 0.866. The number of fused-ring (bicyclic) bond motifs is 2. The van der Waals surface area contributed by atoms with Crippen molar-refractivity contribution in [2.45, 2.75) is 6.42 Å². The minimum Gasteiger partial charge on any atom is -0.497 e. The molecule has 7 heteroatoms. The first-order valence-corrected chi connectivity index (χ1v) is 11.2. The van der Waals surface area contributed by atoms with Gasteiger partial charge in [-0.2, -0.15) is 0 Å². The van der Waals surface area contributed by atoms with Gasteiger partial charge in [-0.1, -0.05) is 18.2 Å². The zero-order chi connectivity index (χ0) is 23.9. The maximum atomic E-state index is 14.4. The van der Waals surface area contributed by atoms with Crippen LogP contribution in [0.15, 0.2) is 79.1 Å². The van der Waals surface area contributed by atoms with Crippen LogP contribution in [-0.4, -0.2) is 28.6 Å². The molecule has 0 saturated heterocycles. The predicted octanol–water partition coefficient (Wildman–Crippen LogP) is 6.34. The number of pyridine rings is 1. The molecule has 0 radical (unpaired) electrons. The molecular formula is C28H20F2N4O. The van der Waals surface area contributed by atoms with Crippen molar-refractivity contribution in [3.8, 4) is 28.3 Å². The lowest BCUT2D eigenvalue weighted by atomic mass is 10.0. The lowest BCUT2D eigenvalue weighted by Gasteiger charge is -2.21. The summed E-state index contributed by atoms with van der Waals surface area (Å²) in [5.41, 5.74) is 4.54. The number of methoxy groups -OCH3 is 1. The molecule has 35 heavy (non-hydrogen) atoms. The standard InChI is InChI=1S/C28H20F2N4O/c1-35-20-8-9-24-22(15-20)28(33-27(32-24)19-4-3-12-31-16-19)34-13-11-18-14-17(7-10-25(18)34)21-5-2-6-23(29)26(21)30/h2-10,12,14-16H,11,13H2,1H3. The molecule has 5 nitrogen and oxygen atoms in total. The van der Waals surface area contributed by atoms with Gasteiger partial charge in [-0.25, -0.2) is 18.7 Å². The second-order valence-corrected chi connectivity index (χ2v) is 8.34. The summed E-state index contributed by atoms with van der Waals surface area (Å²) in [6, 6.07) is 19.5. The van der Waals surface area contributed by atoms with Gasteiger partial charge in [0, 0.05) is 41.1 Å². The molecule has 0 atom stereocenters. The normalized spacial score (nSPS) is 12.7. The third kappa shape index (κ3) is 3.65. The molecule has 1 aliphatic heterocycles. The number of ether oxygens (including phenoxy) is 1. The van der Waals surface area contributed by atoms with Crippen molar-refractivity contribution in [2.75, 3.05) is 18.6 Å². The van der Waals surface area contributed by atoms with Crippen LogP contribution in [0.3, 0.4) is 0 Å². The molecule has 3 heterocycles. The second kappa shape index (κ2) is 8.43. The Bertz CT molecular complexity index is 1570. The van der Waals surface area contributed by atoms with E-state index in [4.69, 9.17) is 14.7 Å². The van der Waals surface area contributed by atoms with Crippen LogP contribution in [0.25, 0.3) is 33.4 Å². The predicted molar refractivity (Wildman–Crippen MR) is 132 cm³/mol. The Hall–Kier alpha value is -4.39. The van der Waals surface area contributed by atoms with Crippen LogP contribution in [0, 0.1) is 11.6 Å². The van der Waals surface area contributed by atoms with Crippen molar-refractivity contribution in [1.29, 1.82) is 0 Å². The molecule has 172 valence electrons. The van der Waals surface area contributed by atoms with Gasteiger partial charge in [-0.3, -0.25) is 4.98 Å². The van der Waals surface area contributed by atoms with Gasteiger partial charge in [0.25, 0.3) is 0 Å². The van der Waals surface area contributed by atoms with Crippen LogP contribution in [0.1, 0.15) is 5.56 Å². The van der Waals surface area contributed by atoms with Crippen molar-refractivity contribution in [2.24, 2.45) is 0 Å². The molecule has 2 aromatic heterocycles. The van der Waals surface area contributed by atoms with Crippen LogP contribution in [0.5, 0.6) is 5.75 Å². The lowest BCUT2D eigenvalue weighted by Crippen LogP contribution is -2.16. The third-order valence-corrected chi connectivity index (χ3v) is 6.30. The van der Waals surface area contributed by atoms with E-state index in [9.17, 15) is 8.78 Å². The Morgan fingerprint density at radius 2 is 1.83 bits per heavy atom. The Kier molecular flexibility index (Phi) is 5.10. The Morgan fingerprint density at radius 1 is 0.914 bits per heavy atom. The number of hydrogen-bond acceptors (Lipinski definition) is 5. The lowest BCUT2D eigenvalue weighted by molar-refractivity contribution is 0.415. The Labute approximate surface area is 200 Å². The van der Waals surface area contributed by atoms with Crippen LogP contribution in [0.4, 0.5) is 20.3 Å². The first kappa shape index (κ1) is 21.2. The fourth-order valence-corrected chi connectivity index (χ4v) is 4.56. The third-order valence-electron chi connectivity index (χ3n) is 6.30. The number of aromatic nitrogens is 3. The number of anilines is 2. The second-order valence-electron chi connectivity index (χ2n) is 8.34. The zero-order valence-electron chi connectivity index (χ0n) is 18.9. The SMILES string of the molecule is COc1ccc2nc(-c3cccnc3)nc(N3CCc4cc(-c5cccc(F)c5F)ccc43)c2c1. The quantitative estimate of drug-likeness (QED) is 0.309. The zero-order valence-corrected chi connectivity index (χ0v) is 18.9. The van der Waals surface area contributed by atoms with E-state index < -0.39 is 11.6 Å². The van der Waals surface area contributed by atoms with E-state index in [1.54, 1.807) is 25.6 Å². The maximum Gasteiger partial charge on any atom is 0.166 e. The molecule has 1 aliphatic rings. The monoisotopic (exact) mass is 466 g/mol. The van der Waals surface area contributed by atoms with Crippen LogP contribution < -0.4 is 9.64 Å². The first-order chi connectivity index (χ1) is 17.1. The Balaban J connectivity index is 1.49. The van der Waals surface area contributed by atoms with Gasteiger partial charge in [-0.15, -0.1) is 0 Å². The van der Waals surface area contributed by atoms with E-state index in [1.165, 1.54) is 6.07 Å². The van der Waals surface area contributed by atoms with Crippen LogP contribution in [-0.2, 0) is 6.42 Å². The van der Waals surface area contributed by atoms with Crippen molar-refractivity contribution in [3.63, 3.8) is 0 Å². The summed E-state index contributed by atoms with van der Waals surface area (Å²) >= 11 is 0. The number of rotatable bonds is 4. The summed E-state index contributed by atoms with van der Waals surface area (Å²) in [6.45, 7) is 0.695. The van der Waals surface area contributed by atoms with Crippen molar-refractivity contribution in [1.82, 2.24) is 15.0 Å². The summed E-state index contributed by atoms with van der Waals surface area (Å²) in [6.07, 6.45) is 4.20. The van der Waals surface area contributed by atoms with Crippen molar-refractivity contribution in [3.05, 3.63) is 96.3 Å². The largest absolute Gasteiger partial charge is 0.497 e. The van der Waals surface area contributed by atoms with Crippen molar-refractivity contribution >= 4 is 22.4 Å². The van der Waals surface area contributed by atoms with E-state index in [0.29, 0.717) is 23.7 Å². The molecule has 6 rings (SSSR count). The Morgan fingerprint density at radius 3 is 2.66 bits per heavy atom. The van der Waals surface area contributed by atoms with Gasteiger partial charge < -0.3 is 9.64 Å². The highest BCUT2D eigenvalue weighted by atomic mass is 19.2. The van der Waals surface area contributed by atoms with Gasteiger partial charge in [0.15, 0.2) is 17.5 Å². The highest BCUT2D eigenvalue weighted by Crippen LogP contribution is 2.40. The molecule has 0 spiro atoms. The molecule has 0 saturated carbocycles. The number of nitrogens with zero attached hydrogens (tertiary/aromatic N) is 4. The minimum atomic E-state index is -0.853. The molecule has 0 amide bonds. The fraction of sp³-hybridized carbons (Fsp3) is 0.107. The fourth-order valence-electron chi connectivity index (χ4n) is 4.56. The van der Waals surface area contributed by atoms with Gasteiger partial charge in [0.1, 0.15) is 11.6 Å². The summed E-state index contributed by atoms with van der Waals surface area (Å²) in [5.74, 6) is 0.368. The van der Waals surface area contributed by atoms with Gasteiger partial charge in [-0.05, 0) is 66.1 Å². The number of halogens is 2. The highest BCUT2D eigenvalue weighted by molar-refractivity contribution is 5.95. The van der Waals surface area contributed by atoms with Crippen LogP contribution >= 0.6 is 0 Å². The molecule has 5 aromatic rings.